The smallest absolute Gasteiger partial charge is 0.496 e. The lowest BCUT2D eigenvalue weighted by Crippen LogP contribution is -2.48. The number of rotatable bonds is 12. The molecule has 0 N–H and O–H groups in total. The molecule has 4 aliphatic rings. The highest BCUT2D eigenvalue weighted by molar-refractivity contribution is 7.49. The predicted molar refractivity (Wildman–Crippen MR) is 160 cm³/mol. The molecule has 4 aliphatic carbocycles. The quantitative estimate of drug-likeness (QED) is 0.0800. The molecule has 4 fully saturated rings. The van der Waals surface area contributed by atoms with E-state index in [9.17, 15) is 9.36 Å². The topological polar surface area (TPSA) is 80.3 Å². The van der Waals surface area contributed by atoms with E-state index in [4.69, 9.17) is 34.6 Å². The number of hydrogen-bond acceptors (Lipinski definition) is 7. The number of methoxy groups -OCH3 is 2. The van der Waals surface area contributed by atoms with Crippen molar-refractivity contribution in [1.29, 1.82) is 0 Å². The fourth-order valence-electron chi connectivity index (χ4n) is 6.84. The van der Waals surface area contributed by atoms with Crippen molar-refractivity contribution in [3.8, 4) is 16.9 Å². The lowest BCUT2D eigenvalue weighted by atomic mass is 9.53. The fraction of sp³-hybridized carbons (Fsp3) is 0.406. The molecule has 6 rings (SSSR count). The molecule has 0 aliphatic heterocycles. The number of allylic oxidation sites excluding steroid dienone is 1. The van der Waals surface area contributed by atoms with Gasteiger partial charge in [0.25, 0.3) is 0 Å². The Balaban J connectivity index is 1.59. The predicted octanol–water partition coefficient (Wildman–Crippen LogP) is 8.21. The van der Waals surface area contributed by atoms with Crippen LogP contribution in [0.3, 0.4) is 0 Å². The number of esters is 1. The van der Waals surface area contributed by atoms with Gasteiger partial charge >= 0.3 is 13.8 Å². The molecule has 2 aromatic rings. The highest BCUT2D eigenvalue weighted by Gasteiger charge is 2.53. The molecule has 7 nitrogen and oxygen atoms in total. The summed E-state index contributed by atoms with van der Waals surface area (Å²) in [5.41, 5.74) is 3.91. The third-order valence-electron chi connectivity index (χ3n) is 8.23. The van der Waals surface area contributed by atoms with Crippen LogP contribution in [0.5, 0.6) is 5.75 Å². The van der Waals surface area contributed by atoms with E-state index in [1.807, 2.05) is 18.2 Å². The standard InChI is InChI=1S/C32H36ClO7P/c1-5-13-38-41(35,39-14-6-2)40-28-17-24(11-12-27(28)22-7-9-23(10-8-22)31(34)37-4)30(36-3)29-25-15-21-16-26(29)20-32(33,18-21)19-25/h5-12,17,21,25-26H,1-2,13-16,18-20H2,3-4H3. The first kappa shape index (κ1) is 29.7. The Kier molecular flexibility index (Phi) is 8.81. The number of phosphoric acid groups is 1. The average Bonchev–Trinajstić information content (AvgIpc) is 2.96. The number of benzene rings is 2. The minimum Gasteiger partial charge on any atom is -0.496 e. The Morgan fingerprint density at radius 3 is 2.10 bits per heavy atom. The van der Waals surface area contributed by atoms with Crippen LogP contribution in [0.25, 0.3) is 16.9 Å². The van der Waals surface area contributed by atoms with Crippen molar-refractivity contribution in [3.05, 3.63) is 84.5 Å². The number of carbonyl (C=O) groups excluding carboxylic acids is 1. The maximum atomic E-state index is 13.7. The zero-order valence-corrected chi connectivity index (χ0v) is 25.1. The van der Waals surface area contributed by atoms with Gasteiger partial charge in [0, 0.05) is 16.0 Å². The van der Waals surface area contributed by atoms with Crippen molar-refractivity contribution in [2.24, 2.45) is 17.8 Å². The molecule has 0 radical (unpaired) electrons. The van der Waals surface area contributed by atoms with Crippen molar-refractivity contribution in [2.45, 2.75) is 37.0 Å². The Bertz CT molecular complexity index is 1370. The molecule has 0 spiro atoms. The highest BCUT2D eigenvalue weighted by atomic mass is 35.5. The van der Waals surface area contributed by atoms with Gasteiger partial charge in [0.15, 0.2) is 0 Å². The zero-order chi connectivity index (χ0) is 29.2. The lowest BCUT2D eigenvalue weighted by Gasteiger charge is -2.55. The van der Waals surface area contributed by atoms with Gasteiger partial charge in [-0.2, -0.15) is 0 Å². The van der Waals surface area contributed by atoms with E-state index in [0.717, 1.165) is 49.0 Å². The lowest BCUT2D eigenvalue weighted by molar-refractivity contribution is 0.0600. The van der Waals surface area contributed by atoms with Crippen LogP contribution >= 0.6 is 19.4 Å². The average molecular weight is 599 g/mol. The van der Waals surface area contributed by atoms with Gasteiger partial charge in [0.05, 0.1) is 33.0 Å². The maximum Gasteiger partial charge on any atom is 0.530 e. The van der Waals surface area contributed by atoms with Crippen LogP contribution in [0.1, 0.15) is 48.0 Å². The molecule has 9 heteroatoms. The van der Waals surface area contributed by atoms with E-state index < -0.39 is 13.8 Å². The summed E-state index contributed by atoms with van der Waals surface area (Å²) < 4.78 is 41.7. The summed E-state index contributed by atoms with van der Waals surface area (Å²) in [4.78, 5) is 11.9. The molecule has 4 saturated carbocycles. The summed E-state index contributed by atoms with van der Waals surface area (Å²) in [5, 5.41) is 0. The van der Waals surface area contributed by atoms with Crippen LogP contribution < -0.4 is 4.52 Å². The van der Waals surface area contributed by atoms with Gasteiger partial charge in [-0.1, -0.05) is 30.4 Å². The van der Waals surface area contributed by atoms with E-state index >= 15 is 0 Å². The Hall–Kier alpha value is -2.83. The summed E-state index contributed by atoms with van der Waals surface area (Å²) in [6, 6.07) is 12.6. The van der Waals surface area contributed by atoms with Crippen LogP contribution in [0, 0.1) is 17.8 Å². The molecule has 218 valence electrons. The number of halogens is 1. The SMILES string of the molecule is C=CCOP(=O)(OCC=C)Oc1cc(C(OC)=C2C3CC4CC2CC(Cl)(C4)C3)ccc1-c1ccc(C(=O)OC)cc1. The van der Waals surface area contributed by atoms with Crippen LogP contribution in [-0.4, -0.2) is 38.3 Å². The second-order valence-electron chi connectivity index (χ2n) is 11.0. The van der Waals surface area contributed by atoms with Gasteiger partial charge in [-0.15, -0.1) is 24.8 Å². The first-order valence-electron chi connectivity index (χ1n) is 13.8. The molecular formula is C32H36ClO7P. The van der Waals surface area contributed by atoms with Crippen LogP contribution in [0.2, 0.25) is 0 Å². The minimum absolute atomic E-state index is 0.0324. The van der Waals surface area contributed by atoms with Gasteiger partial charge in [0.1, 0.15) is 11.5 Å². The van der Waals surface area contributed by atoms with E-state index in [1.54, 1.807) is 31.4 Å². The molecule has 2 unspecified atom stereocenters. The molecule has 0 heterocycles. The number of alkyl halides is 1. The van der Waals surface area contributed by atoms with Crippen molar-refractivity contribution >= 4 is 31.2 Å². The van der Waals surface area contributed by atoms with E-state index in [1.165, 1.54) is 24.8 Å². The minimum atomic E-state index is -4.06. The van der Waals surface area contributed by atoms with Crippen molar-refractivity contribution < 1.29 is 32.4 Å². The Morgan fingerprint density at radius 1 is 0.951 bits per heavy atom. The fourth-order valence-corrected chi connectivity index (χ4v) is 8.58. The maximum absolute atomic E-state index is 13.7. The van der Waals surface area contributed by atoms with Crippen molar-refractivity contribution in [3.63, 3.8) is 0 Å². The van der Waals surface area contributed by atoms with Gasteiger partial charge in [0.2, 0.25) is 0 Å². The first-order chi connectivity index (χ1) is 19.7. The molecular weight excluding hydrogens is 563 g/mol. The molecule has 0 amide bonds. The van der Waals surface area contributed by atoms with E-state index in [-0.39, 0.29) is 23.8 Å². The van der Waals surface area contributed by atoms with Crippen LogP contribution in [-0.2, 0) is 23.1 Å². The van der Waals surface area contributed by atoms with Crippen molar-refractivity contribution in [1.82, 2.24) is 0 Å². The monoisotopic (exact) mass is 598 g/mol. The summed E-state index contributed by atoms with van der Waals surface area (Å²) in [5.74, 6) is 2.08. The molecule has 2 aromatic carbocycles. The molecule has 4 bridgehead atoms. The second-order valence-corrected chi connectivity index (χ2v) is 13.4. The Morgan fingerprint density at radius 2 is 1.56 bits per heavy atom. The molecule has 2 atom stereocenters. The van der Waals surface area contributed by atoms with Gasteiger partial charge in [-0.05, 0) is 85.3 Å². The second kappa shape index (κ2) is 12.2. The molecule has 0 aromatic heterocycles. The third-order valence-corrected chi connectivity index (χ3v) is 10.0. The first-order valence-corrected chi connectivity index (χ1v) is 15.7. The molecule has 41 heavy (non-hydrogen) atoms. The summed E-state index contributed by atoms with van der Waals surface area (Å²) in [6.45, 7) is 7.21. The normalized spacial score (nSPS) is 24.6. The van der Waals surface area contributed by atoms with Crippen molar-refractivity contribution in [2.75, 3.05) is 27.4 Å². The summed E-state index contributed by atoms with van der Waals surface area (Å²) >= 11 is 7.01. The Labute approximate surface area is 246 Å². The van der Waals surface area contributed by atoms with Gasteiger partial charge < -0.3 is 14.0 Å². The van der Waals surface area contributed by atoms with E-state index in [2.05, 4.69) is 13.2 Å². The zero-order valence-electron chi connectivity index (χ0n) is 23.5. The summed E-state index contributed by atoms with van der Waals surface area (Å²) in [6.07, 6.45) is 8.21. The molecule has 0 saturated heterocycles. The van der Waals surface area contributed by atoms with Gasteiger partial charge in [-0.3, -0.25) is 9.05 Å². The summed E-state index contributed by atoms with van der Waals surface area (Å²) in [7, 11) is -1.04. The third kappa shape index (κ3) is 6.19. The number of ether oxygens (including phenoxy) is 2. The van der Waals surface area contributed by atoms with E-state index in [0.29, 0.717) is 28.9 Å². The number of phosphoric ester groups is 1. The number of carbonyl (C=O) groups is 1. The van der Waals surface area contributed by atoms with Gasteiger partial charge in [-0.25, -0.2) is 9.36 Å². The van der Waals surface area contributed by atoms with Crippen LogP contribution in [0.4, 0.5) is 0 Å². The highest BCUT2D eigenvalue weighted by Crippen LogP contribution is 2.62. The van der Waals surface area contributed by atoms with Crippen LogP contribution in [0.15, 0.2) is 73.3 Å². The largest absolute Gasteiger partial charge is 0.530 e. The number of hydrogen-bond donors (Lipinski definition) is 0.